The summed E-state index contributed by atoms with van der Waals surface area (Å²) in [5, 5.41) is 2.26. The van der Waals surface area contributed by atoms with Crippen molar-refractivity contribution in [2.75, 3.05) is 40.9 Å². The number of methoxy groups -OCH3 is 2. The summed E-state index contributed by atoms with van der Waals surface area (Å²) in [6, 6.07) is 23.0. The summed E-state index contributed by atoms with van der Waals surface area (Å²) in [7, 11) is 5.63. The van der Waals surface area contributed by atoms with Gasteiger partial charge in [-0.05, 0) is 91.6 Å². The average molecular weight is 513 g/mol. The van der Waals surface area contributed by atoms with Gasteiger partial charge in [0, 0.05) is 44.3 Å². The number of benzene rings is 3. The molecule has 3 aromatic rings. The van der Waals surface area contributed by atoms with Gasteiger partial charge in [-0.15, -0.1) is 0 Å². The van der Waals surface area contributed by atoms with E-state index in [1.165, 1.54) is 24.9 Å². The Labute approximate surface area is 226 Å². The topological polar surface area (TPSA) is 42.0 Å². The van der Waals surface area contributed by atoms with Crippen molar-refractivity contribution in [3.63, 3.8) is 0 Å². The van der Waals surface area contributed by atoms with Gasteiger partial charge in [-0.1, -0.05) is 42.5 Å². The van der Waals surface area contributed by atoms with Gasteiger partial charge in [0.1, 0.15) is 5.75 Å². The number of likely N-dealkylation sites (tertiary alicyclic amines) is 1. The standard InChI is InChI=1S/C33H40N2O3/c1-34(31(36)27-14-13-25-7-4-5-8-26(25)19-27)29-15-16-33(38-3)23-35(22-24-11-12-24)18-17-32(33,21-29)28-9-6-10-30(20-28)37-2/h4-10,13-14,19-20,24,29H,11-12,15-18,21-23H2,1-3H3/t29-,32-,33-/m0/s1. The summed E-state index contributed by atoms with van der Waals surface area (Å²) in [5.74, 6) is 1.83. The van der Waals surface area contributed by atoms with Crippen LogP contribution in [0, 0.1) is 5.92 Å². The molecule has 1 aliphatic heterocycles. The van der Waals surface area contributed by atoms with Gasteiger partial charge in [-0.2, -0.15) is 0 Å². The number of nitrogens with zero attached hydrogens (tertiary/aromatic N) is 2. The van der Waals surface area contributed by atoms with Crippen LogP contribution in [0.1, 0.15) is 54.4 Å². The van der Waals surface area contributed by atoms with Crippen molar-refractivity contribution in [3.05, 3.63) is 77.9 Å². The zero-order valence-corrected chi connectivity index (χ0v) is 23.0. The summed E-state index contributed by atoms with van der Waals surface area (Å²) in [4.78, 5) is 18.4. The fourth-order valence-electron chi connectivity index (χ4n) is 7.33. The van der Waals surface area contributed by atoms with Gasteiger partial charge >= 0.3 is 0 Å². The fourth-order valence-corrected chi connectivity index (χ4v) is 7.33. The molecule has 5 heteroatoms. The van der Waals surface area contributed by atoms with Crippen molar-refractivity contribution in [2.24, 2.45) is 5.92 Å². The zero-order chi connectivity index (χ0) is 26.3. The lowest BCUT2D eigenvalue weighted by atomic mass is 9.55. The summed E-state index contributed by atoms with van der Waals surface area (Å²) in [6.07, 6.45) is 6.51. The Morgan fingerprint density at radius 1 is 0.974 bits per heavy atom. The first-order valence-corrected chi connectivity index (χ1v) is 14.1. The first-order chi connectivity index (χ1) is 18.5. The molecule has 0 bridgehead atoms. The summed E-state index contributed by atoms with van der Waals surface area (Å²) >= 11 is 0. The van der Waals surface area contributed by atoms with Crippen molar-refractivity contribution >= 4 is 16.7 Å². The minimum absolute atomic E-state index is 0.0950. The number of carbonyl (C=O) groups excluding carboxylic acids is 1. The lowest BCUT2D eigenvalue weighted by Crippen LogP contribution is -2.68. The highest BCUT2D eigenvalue weighted by molar-refractivity contribution is 5.98. The lowest BCUT2D eigenvalue weighted by molar-refractivity contribution is -0.153. The predicted molar refractivity (Wildman–Crippen MR) is 152 cm³/mol. The smallest absolute Gasteiger partial charge is 0.253 e. The van der Waals surface area contributed by atoms with Gasteiger partial charge in [-0.3, -0.25) is 4.79 Å². The molecule has 0 N–H and O–H groups in total. The number of amides is 1. The summed E-state index contributed by atoms with van der Waals surface area (Å²) in [6.45, 7) is 3.20. The van der Waals surface area contributed by atoms with E-state index in [2.05, 4.69) is 41.3 Å². The third-order valence-electron chi connectivity index (χ3n) is 9.76. The van der Waals surface area contributed by atoms with Crippen LogP contribution in [-0.2, 0) is 10.2 Å². The van der Waals surface area contributed by atoms with E-state index >= 15 is 0 Å². The van der Waals surface area contributed by atoms with Gasteiger partial charge in [0.05, 0.1) is 12.7 Å². The van der Waals surface area contributed by atoms with Crippen molar-refractivity contribution in [2.45, 2.75) is 55.6 Å². The van der Waals surface area contributed by atoms with Gasteiger partial charge in [0.2, 0.25) is 0 Å². The molecule has 0 unspecified atom stereocenters. The van der Waals surface area contributed by atoms with E-state index in [0.717, 1.165) is 66.8 Å². The van der Waals surface area contributed by atoms with Gasteiger partial charge in [0.25, 0.3) is 5.91 Å². The number of hydrogen-bond acceptors (Lipinski definition) is 4. The normalized spacial score (nSPS) is 27.6. The van der Waals surface area contributed by atoms with Crippen molar-refractivity contribution in [1.82, 2.24) is 9.80 Å². The fraction of sp³-hybridized carbons (Fsp3) is 0.485. The van der Waals surface area contributed by atoms with Crippen molar-refractivity contribution < 1.29 is 14.3 Å². The maximum Gasteiger partial charge on any atom is 0.253 e. The highest BCUT2D eigenvalue weighted by Gasteiger charge is 2.59. The van der Waals surface area contributed by atoms with E-state index in [-0.39, 0.29) is 23.0 Å². The van der Waals surface area contributed by atoms with E-state index in [1.807, 2.05) is 49.4 Å². The average Bonchev–Trinajstić information content (AvgIpc) is 3.79. The Kier molecular flexibility index (Phi) is 6.69. The molecule has 2 aliphatic carbocycles. The van der Waals surface area contributed by atoms with E-state index in [1.54, 1.807) is 7.11 Å². The van der Waals surface area contributed by atoms with E-state index < -0.39 is 0 Å². The SMILES string of the molecule is COc1cccc([C@@]23CCN(CC4CC4)C[C@@]2(OC)CC[C@H](N(C)C(=O)c2ccc4ccccc4c2)C3)c1. The van der Waals surface area contributed by atoms with E-state index in [0.29, 0.717) is 0 Å². The number of piperidine rings is 1. The van der Waals surface area contributed by atoms with Crippen LogP contribution >= 0.6 is 0 Å². The minimum Gasteiger partial charge on any atom is -0.497 e. The number of carbonyl (C=O) groups is 1. The van der Waals surface area contributed by atoms with Gasteiger partial charge in [0.15, 0.2) is 0 Å². The van der Waals surface area contributed by atoms with Crippen LogP contribution in [-0.4, -0.2) is 68.3 Å². The van der Waals surface area contributed by atoms with Crippen LogP contribution < -0.4 is 4.74 Å². The van der Waals surface area contributed by atoms with Crippen LogP contribution in [0.15, 0.2) is 66.7 Å². The number of fused-ring (bicyclic) bond motifs is 2. The van der Waals surface area contributed by atoms with Crippen LogP contribution in [0.4, 0.5) is 0 Å². The Balaban J connectivity index is 1.33. The van der Waals surface area contributed by atoms with E-state index in [9.17, 15) is 4.79 Å². The largest absolute Gasteiger partial charge is 0.497 e. The Hall–Kier alpha value is -2.89. The highest BCUT2D eigenvalue weighted by atomic mass is 16.5. The molecule has 5 nitrogen and oxygen atoms in total. The maximum atomic E-state index is 13.8. The molecule has 0 spiro atoms. The molecule has 0 aromatic heterocycles. The number of ether oxygens (including phenoxy) is 2. The Morgan fingerprint density at radius 3 is 2.55 bits per heavy atom. The quantitative estimate of drug-likeness (QED) is 0.395. The molecular weight excluding hydrogens is 472 g/mol. The Bertz CT molecular complexity index is 1320. The molecule has 200 valence electrons. The third kappa shape index (κ3) is 4.40. The highest BCUT2D eigenvalue weighted by Crippen LogP contribution is 2.55. The molecule has 1 heterocycles. The second-order valence-electron chi connectivity index (χ2n) is 11.8. The molecule has 1 saturated heterocycles. The van der Waals surface area contributed by atoms with Gasteiger partial charge < -0.3 is 19.3 Å². The van der Waals surface area contributed by atoms with Crippen LogP contribution in [0.2, 0.25) is 0 Å². The third-order valence-corrected chi connectivity index (χ3v) is 9.76. The Morgan fingerprint density at radius 2 is 1.79 bits per heavy atom. The number of rotatable bonds is 7. The first kappa shape index (κ1) is 25.4. The molecule has 3 aromatic carbocycles. The molecule has 1 amide bonds. The van der Waals surface area contributed by atoms with Crippen LogP contribution in [0.25, 0.3) is 10.8 Å². The minimum atomic E-state index is -0.282. The second-order valence-corrected chi connectivity index (χ2v) is 11.8. The molecule has 3 aliphatic rings. The van der Waals surface area contributed by atoms with Crippen LogP contribution in [0.3, 0.4) is 0 Å². The van der Waals surface area contributed by atoms with E-state index in [4.69, 9.17) is 9.47 Å². The molecule has 0 radical (unpaired) electrons. The lowest BCUT2D eigenvalue weighted by Gasteiger charge is -2.60. The zero-order valence-electron chi connectivity index (χ0n) is 23.0. The predicted octanol–water partition coefficient (Wildman–Crippen LogP) is 5.91. The monoisotopic (exact) mass is 512 g/mol. The molecule has 2 saturated carbocycles. The van der Waals surface area contributed by atoms with Gasteiger partial charge in [-0.25, -0.2) is 0 Å². The first-order valence-electron chi connectivity index (χ1n) is 14.1. The summed E-state index contributed by atoms with van der Waals surface area (Å²) in [5.41, 5.74) is 1.57. The number of hydrogen-bond donors (Lipinski definition) is 0. The molecule has 3 atom stereocenters. The second kappa shape index (κ2) is 10.0. The maximum absolute atomic E-state index is 13.8. The molecule has 3 fully saturated rings. The summed E-state index contributed by atoms with van der Waals surface area (Å²) < 4.78 is 12.2. The molecular formula is C33H40N2O3. The van der Waals surface area contributed by atoms with Crippen LogP contribution in [0.5, 0.6) is 5.75 Å². The molecule has 38 heavy (non-hydrogen) atoms. The van der Waals surface area contributed by atoms with Crippen molar-refractivity contribution in [3.8, 4) is 5.75 Å². The van der Waals surface area contributed by atoms with Crippen molar-refractivity contribution in [1.29, 1.82) is 0 Å². The molecule has 6 rings (SSSR count).